The monoisotopic (exact) mass is 330 g/mol. The number of pyridine rings is 1. The number of halogens is 1. The number of hydrogen-bond donors (Lipinski definition) is 3. The lowest BCUT2D eigenvalue weighted by Crippen LogP contribution is -2.16. The maximum absolute atomic E-state index is 11.9. The number of imidazole rings is 1. The molecule has 0 aliphatic carbocycles. The number of phenols is 1. The molecule has 0 saturated carbocycles. The van der Waals surface area contributed by atoms with Crippen LogP contribution in [0.25, 0.3) is 16.8 Å². The van der Waals surface area contributed by atoms with Gasteiger partial charge in [0.05, 0.1) is 11.9 Å². The Bertz CT molecular complexity index is 963. The maximum Gasteiger partial charge on any atom is 0.254 e. The van der Waals surface area contributed by atoms with E-state index in [0.717, 1.165) is 11.1 Å². The first-order chi connectivity index (χ1) is 10.8. The third kappa shape index (κ3) is 2.19. The van der Waals surface area contributed by atoms with Gasteiger partial charge in [-0.2, -0.15) is 0 Å². The summed E-state index contributed by atoms with van der Waals surface area (Å²) in [5.74, 6) is -0.547. The van der Waals surface area contributed by atoms with Crippen LogP contribution >= 0.6 is 11.6 Å². The van der Waals surface area contributed by atoms with Crippen molar-refractivity contribution in [3.63, 3.8) is 0 Å². The van der Waals surface area contributed by atoms with Crippen molar-refractivity contribution in [2.24, 2.45) is 5.73 Å². The minimum atomic E-state index is -0.688. The molecule has 3 rings (SSSR count). The summed E-state index contributed by atoms with van der Waals surface area (Å²) < 4.78 is 1.55. The van der Waals surface area contributed by atoms with E-state index in [2.05, 4.69) is 4.98 Å². The van der Waals surface area contributed by atoms with E-state index >= 15 is 0 Å². The van der Waals surface area contributed by atoms with Crippen molar-refractivity contribution >= 4 is 28.8 Å². The number of aromatic hydroxyl groups is 1. The van der Waals surface area contributed by atoms with Crippen molar-refractivity contribution < 1.29 is 9.90 Å². The van der Waals surface area contributed by atoms with E-state index in [1.54, 1.807) is 29.7 Å². The first-order valence-corrected chi connectivity index (χ1v) is 7.25. The molecule has 0 aliphatic heterocycles. The van der Waals surface area contributed by atoms with E-state index in [4.69, 9.17) is 23.1 Å². The molecule has 0 radical (unpaired) electrons. The summed E-state index contributed by atoms with van der Waals surface area (Å²) in [6.45, 7) is 3.67. The number of benzene rings is 1. The molecule has 0 bridgehead atoms. The zero-order valence-corrected chi connectivity index (χ0v) is 13.3. The fourth-order valence-electron chi connectivity index (χ4n) is 2.79. The van der Waals surface area contributed by atoms with Gasteiger partial charge in [0, 0.05) is 11.8 Å². The van der Waals surface area contributed by atoms with Crippen molar-refractivity contribution in [2.75, 3.05) is 5.73 Å². The number of anilines is 1. The third-order valence-corrected chi connectivity index (χ3v) is 4.23. The molecular formula is C16H15ClN4O2. The summed E-state index contributed by atoms with van der Waals surface area (Å²) in [5, 5.41) is 10.3. The second kappa shape index (κ2) is 5.17. The number of hydrogen-bond acceptors (Lipinski definition) is 4. The van der Waals surface area contributed by atoms with Gasteiger partial charge in [-0.25, -0.2) is 4.98 Å². The summed E-state index contributed by atoms with van der Waals surface area (Å²) in [6.07, 6.45) is 3.12. The first-order valence-electron chi connectivity index (χ1n) is 6.87. The predicted octanol–water partition coefficient (Wildman–Crippen LogP) is 2.66. The van der Waals surface area contributed by atoms with Crippen LogP contribution in [0.1, 0.15) is 21.5 Å². The molecule has 3 aromatic rings. The molecule has 1 amide bonds. The zero-order valence-electron chi connectivity index (χ0n) is 12.6. The highest BCUT2D eigenvalue weighted by molar-refractivity contribution is 6.30. The Hall–Kier alpha value is -2.73. The van der Waals surface area contributed by atoms with Gasteiger partial charge in [0.1, 0.15) is 16.5 Å². The van der Waals surface area contributed by atoms with Crippen molar-refractivity contribution in [1.82, 2.24) is 9.38 Å². The molecule has 0 aliphatic rings. The number of carbonyl (C=O) groups excluding carboxylic acids is 1. The number of phenolic OH excluding ortho intramolecular Hbond substituents is 1. The Balaban J connectivity index is 2.49. The summed E-state index contributed by atoms with van der Waals surface area (Å²) in [5.41, 5.74) is 15.2. The van der Waals surface area contributed by atoms with Crippen LogP contribution < -0.4 is 11.5 Å². The number of nitrogen functional groups attached to an aromatic ring is 1. The topological polar surface area (TPSA) is 107 Å². The lowest BCUT2D eigenvalue weighted by Gasteiger charge is -2.16. The average molecular weight is 331 g/mol. The Labute approximate surface area is 137 Å². The summed E-state index contributed by atoms with van der Waals surface area (Å²) in [6, 6.07) is 3.39. The van der Waals surface area contributed by atoms with E-state index in [1.165, 1.54) is 6.20 Å². The fraction of sp³-hybridized carbons (Fsp3) is 0.125. The van der Waals surface area contributed by atoms with Crippen LogP contribution in [0, 0.1) is 13.8 Å². The molecule has 1 aromatic carbocycles. The maximum atomic E-state index is 11.9. The van der Waals surface area contributed by atoms with Gasteiger partial charge < -0.3 is 16.6 Å². The molecule has 118 valence electrons. The van der Waals surface area contributed by atoms with Crippen molar-refractivity contribution in [1.29, 1.82) is 0 Å². The number of fused-ring (bicyclic) bond motifs is 1. The minimum Gasteiger partial charge on any atom is -0.508 e. The van der Waals surface area contributed by atoms with Gasteiger partial charge in [-0.15, -0.1) is 0 Å². The first kappa shape index (κ1) is 15.2. The van der Waals surface area contributed by atoms with E-state index in [-0.39, 0.29) is 17.0 Å². The molecule has 0 saturated heterocycles. The molecule has 7 heteroatoms. The van der Waals surface area contributed by atoms with Crippen molar-refractivity contribution in [2.45, 2.75) is 13.8 Å². The minimum absolute atomic E-state index is 0.108. The highest BCUT2D eigenvalue weighted by Gasteiger charge is 2.21. The SMILES string of the molecule is Cc1ccc(O)c(C)c1-c1cn2c(Cl)cnc2c(C(N)=O)c1N. The number of nitrogens with zero attached hydrogens (tertiary/aromatic N) is 2. The third-order valence-electron chi connectivity index (χ3n) is 3.95. The lowest BCUT2D eigenvalue weighted by molar-refractivity contribution is 0.100. The summed E-state index contributed by atoms with van der Waals surface area (Å²) in [4.78, 5) is 16.0. The average Bonchev–Trinajstić information content (AvgIpc) is 2.84. The highest BCUT2D eigenvalue weighted by atomic mass is 35.5. The van der Waals surface area contributed by atoms with Crippen LogP contribution in [0.4, 0.5) is 5.69 Å². The van der Waals surface area contributed by atoms with E-state index in [1.807, 2.05) is 6.92 Å². The zero-order chi connectivity index (χ0) is 16.9. The van der Waals surface area contributed by atoms with Crippen LogP contribution in [0.15, 0.2) is 24.5 Å². The smallest absolute Gasteiger partial charge is 0.254 e. The predicted molar refractivity (Wildman–Crippen MR) is 89.7 cm³/mol. The second-order valence-electron chi connectivity index (χ2n) is 5.37. The van der Waals surface area contributed by atoms with Crippen LogP contribution in [0.5, 0.6) is 5.75 Å². The summed E-state index contributed by atoms with van der Waals surface area (Å²) >= 11 is 6.13. The number of amides is 1. The number of rotatable bonds is 2. The van der Waals surface area contributed by atoms with Crippen LogP contribution in [-0.4, -0.2) is 20.4 Å². The molecule has 0 unspecified atom stereocenters. The van der Waals surface area contributed by atoms with Crippen molar-refractivity contribution in [3.05, 3.63) is 46.4 Å². The number of aryl methyl sites for hydroxylation is 1. The van der Waals surface area contributed by atoms with Gasteiger partial charge in [-0.3, -0.25) is 9.20 Å². The van der Waals surface area contributed by atoms with Crippen LogP contribution in [-0.2, 0) is 0 Å². The molecule has 2 aromatic heterocycles. The fourth-order valence-corrected chi connectivity index (χ4v) is 2.97. The normalized spacial score (nSPS) is 11.1. The number of nitrogens with two attached hydrogens (primary N) is 2. The Morgan fingerprint density at radius 2 is 2.04 bits per heavy atom. The van der Waals surface area contributed by atoms with Gasteiger partial charge in [-0.05, 0) is 36.6 Å². The van der Waals surface area contributed by atoms with E-state index in [9.17, 15) is 9.90 Å². The molecule has 0 atom stereocenters. The molecule has 23 heavy (non-hydrogen) atoms. The van der Waals surface area contributed by atoms with E-state index in [0.29, 0.717) is 21.9 Å². The highest BCUT2D eigenvalue weighted by Crippen LogP contribution is 2.38. The van der Waals surface area contributed by atoms with Gasteiger partial charge in [0.25, 0.3) is 5.91 Å². The molecule has 5 N–H and O–H groups in total. The molecular weight excluding hydrogens is 316 g/mol. The van der Waals surface area contributed by atoms with Gasteiger partial charge in [0.2, 0.25) is 0 Å². The lowest BCUT2D eigenvalue weighted by atomic mass is 9.93. The largest absolute Gasteiger partial charge is 0.508 e. The van der Waals surface area contributed by atoms with Gasteiger partial charge in [-0.1, -0.05) is 17.7 Å². The van der Waals surface area contributed by atoms with Crippen LogP contribution in [0.3, 0.4) is 0 Å². The van der Waals surface area contributed by atoms with Crippen molar-refractivity contribution in [3.8, 4) is 16.9 Å². The van der Waals surface area contributed by atoms with Gasteiger partial charge in [0.15, 0.2) is 5.65 Å². The summed E-state index contributed by atoms with van der Waals surface area (Å²) in [7, 11) is 0. The standard InChI is InChI=1S/C16H15ClN4O2/c1-7-3-4-10(22)8(2)12(7)9-6-21-11(17)5-20-16(21)13(14(9)18)15(19)23/h3-6,22H,18H2,1-2H3,(H2,19,23). The Kier molecular flexibility index (Phi) is 3.41. The van der Waals surface area contributed by atoms with Gasteiger partial charge >= 0.3 is 0 Å². The second-order valence-corrected chi connectivity index (χ2v) is 5.76. The Morgan fingerprint density at radius 3 is 2.70 bits per heavy atom. The molecule has 6 nitrogen and oxygen atoms in total. The van der Waals surface area contributed by atoms with Crippen LogP contribution in [0.2, 0.25) is 5.15 Å². The number of primary amides is 1. The number of aromatic nitrogens is 2. The molecule has 2 heterocycles. The molecule has 0 fully saturated rings. The molecule has 0 spiro atoms. The number of carbonyl (C=O) groups is 1. The quantitative estimate of drug-likeness (QED) is 0.671. The van der Waals surface area contributed by atoms with E-state index < -0.39 is 5.91 Å². The Morgan fingerprint density at radius 1 is 1.35 bits per heavy atom.